The molecule has 1 atom stereocenters. The van der Waals surface area contributed by atoms with Gasteiger partial charge in [-0.2, -0.15) is 5.21 Å². The van der Waals surface area contributed by atoms with Crippen molar-refractivity contribution in [3.8, 4) is 11.4 Å². The number of benzene rings is 2. The van der Waals surface area contributed by atoms with Crippen molar-refractivity contribution >= 4 is 41.2 Å². The van der Waals surface area contributed by atoms with E-state index in [9.17, 15) is 23.6 Å². The number of amides is 2. The van der Waals surface area contributed by atoms with Crippen LogP contribution in [0.4, 0.5) is 15.8 Å². The molecule has 18 heteroatoms. The molecular formula is C29H22FN11O5S. The zero-order chi connectivity index (χ0) is 32.8. The molecule has 3 heterocycles. The molecule has 0 unspecified atom stereocenters. The highest BCUT2D eigenvalue weighted by Gasteiger charge is 2.27. The van der Waals surface area contributed by atoms with Gasteiger partial charge in [-0.3, -0.25) is 19.2 Å². The first-order chi connectivity index (χ1) is 22.7. The highest BCUT2D eigenvalue weighted by Crippen LogP contribution is 2.33. The van der Waals surface area contributed by atoms with Crippen molar-refractivity contribution in [3.63, 3.8) is 0 Å². The van der Waals surface area contributed by atoms with Gasteiger partial charge >= 0.3 is 4.84 Å². The number of hydrogen-bond donors (Lipinski definition) is 5. The van der Waals surface area contributed by atoms with Gasteiger partial charge in [-0.25, -0.2) is 13.8 Å². The topological polar surface area (TPSA) is 228 Å². The van der Waals surface area contributed by atoms with Crippen molar-refractivity contribution in [2.75, 3.05) is 11.1 Å². The minimum atomic E-state index is -0.787. The van der Waals surface area contributed by atoms with Gasteiger partial charge < -0.3 is 26.2 Å². The van der Waals surface area contributed by atoms with E-state index in [0.717, 1.165) is 16.7 Å². The Labute approximate surface area is 266 Å². The Hall–Kier alpha value is -6.17. The summed E-state index contributed by atoms with van der Waals surface area (Å²) in [7, 11) is 0. The zero-order valence-corrected chi connectivity index (χ0v) is 24.9. The molecule has 1 aliphatic carbocycles. The number of tetrazole rings is 1. The summed E-state index contributed by atoms with van der Waals surface area (Å²) in [4.78, 5) is 53.9. The Morgan fingerprint density at radius 1 is 1.11 bits per heavy atom. The molecule has 3 aromatic carbocycles. The number of halogens is 1. The molecule has 236 valence electrons. The second-order valence-corrected chi connectivity index (χ2v) is 11.1. The summed E-state index contributed by atoms with van der Waals surface area (Å²) in [6.07, 6.45) is 1.35. The van der Waals surface area contributed by atoms with Gasteiger partial charge in [0.2, 0.25) is 5.82 Å². The number of H-pyrrole nitrogens is 1. The number of fused-ring (bicyclic) bond motifs is 2. The lowest BCUT2D eigenvalue weighted by Crippen LogP contribution is -2.37. The second kappa shape index (κ2) is 11.6. The van der Waals surface area contributed by atoms with Crippen LogP contribution in [0.2, 0.25) is 0 Å². The Balaban J connectivity index is 1.07. The summed E-state index contributed by atoms with van der Waals surface area (Å²) < 4.78 is 20.8. The van der Waals surface area contributed by atoms with Crippen molar-refractivity contribution in [1.82, 2.24) is 45.8 Å². The van der Waals surface area contributed by atoms with E-state index in [1.165, 1.54) is 28.7 Å². The van der Waals surface area contributed by atoms with Gasteiger partial charge in [0.25, 0.3) is 28.4 Å². The highest BCUT2D eigenvalue weighted by atomic mass is 32.1. The first-order valence-corrected chi connectivity index (χ1v) is 14.5. The zero-order valence-electron chi connectivity index (χ0n) is 24.0. The maximum absolute atomic E-state index is 14.4. The number of rotatable bonds is 9. The molecule has 3 aromatic heterocycles. The van der Waals surface area contributed by atoms with Crippen LogP contribution in [-0.4, -0.2) is 47.0 Å². The fourth-order valence-electron chi connectivity index (χ4n) is 5.47. The molecule has 0 saturated heterocycles. The molecule has 16 nitrogen and oxygen atoms in total. The Bertz CT molecular complexity index is 2340. The molecule has 0 fully saturated rings. The lowest BCUT2D eigenvalue weighted by Gasteiger charge is -2.15. The van der Waals surface area contributed by atoms with E-state index in [4.69, 9.17) is 22.5 Å². The number of aryl methyl sites for hydroxylation is 1. The minimum Gasteiger partial charge on any atom is -0.394 e. The Kier molecular flexibility index (Phi) is 7.31. The third kappa shape index (κ3) is 5.39. The van der Waals surface area contributed by atoms with E-state index in [1.54, 1.807) is 0 Å². The number of nitrogen functional groups attached to an aromatic ring is 1. The molecule has 47 heavy (non-hydrogen) atoms. The van der Waals surface area contributed by atoms with Crippen molar-refractivity contribution < 1.29 is 18.5 Å². The maximum atomic E-state index is 14.4. The second-order valence-electron chi connectivity index (χ2n) is 10.7. The molecule has 6 N–H and O–H groups in total. The van der Waals surface area contributed by atoms with Gasteiger partial charge in [0.1, 0.15) is 28.6 Å². The number of aromatic amines is 1. The smallest absolute Gasteiger partial charge is 0.303 e. The molecular weight excluding hydrogens is 633 g/mol. The highest BCUT2D eigenvalue weighted by molar-refractivity contribution is 7.71. The molecule has 0 bridgehead atoms. The van der Waals surface area contributed by atoms with Crippen molar-refractivity contribution in [2.45, 2.75) is 32.0 Å². The van der Waals surface area contributed by atoms with Gasteiger partial charge in [-0.1, -0.05) is 18.2 Å². The summed E-state index contributed by atoms with van der Waals surface area (Å²) in [6, 6.07) is 10.9. The van der Waals surface area contributed by atoms with Crippen LogP contribution in [0.3, 0.4) is 0 Å². The third-order valence-electron chi connectivity index (χ3n) is 7.88. The van der Waals surface area contributed by atoms with Crippen LogP contribution in [0.1, 0.15) is 55.7 Å². The fourth-order valence-corrected chi connectivity index (χ4v) is 5.69. The van der Waals surface area contributed by atoms with E-state index in [-0.39, 0.29) is 58.1 Å². The van der Waals surface area contributed by atoms with Crippen LogP contribution in [0.15, 0.2) is 56.6 Å². The van der Waals surface area contributed by atoms with E-state index in [1.807, 2.05) is 18.2 Å². The third-order valence-corrected chi connectivity index (χ3v) is 8.14. The number of hydrogen-bond acceptors (Lipinski definition) is 13. The average molecular weight is 656 g/mol. The summed E-state index contributed by atoms with van der Waals surface area (Å²) in [6.45, 7) is -0.143. The standard InChI is InChI=1S/C29H22FN11O5S/c30-17-5-1-12(7-15(17)11-32-22-21(31)23(42)24(22)43)10-33-26(44)19-9-20(41-28(35-19)38-46-29(41)47)27(45)34-18-6-3-13-8-14(2-4-16(13)18)25-36-39-40-37-25/h1-2,4-5,7-9,18,32H,3,6,10-11,31H2,(H,33,44)(H,34,45)(H,36,37,39,40)/t18-/m0/s1. The predicted molar refractivity (Wildman–Crippen MR) is 165 cm³/mol. The quantitative estimate of drug-likeness (QED) is 0.110. The SMILES string of the molecule is Nc1c(NCc2cc(CNC(=O)c3cc(C(=O)N[C@H]4CCc5cc(-c6nn[nH]n6)ccc54)n4c(=S)onc4n3)ccc2F)c(=O)c1=O. The first kappa shape index (κ1) is 29.5. The number of carbonyl (C=O) groups is 2. The van der Waals surface area contributed by atoms with E-state index >= 15 is 0 Å². The Morgan fingerprint density at radius 3 is 2.74 bits per heavy atom. The summed E-state index contributed by atoms with van der Waals surface area (Å²) >= 11 is 5.22. The summed E-state index contributed by atoms with van der Waals surface area (Å²) in [5, 5.41) is 26.2. The van der Waals surface area contributed by atoms with Crippen molar-refractivity contribution in [1.29, 1.82) is 0 Å². The van der Waals surface area contributed by atoms with E-state index in [2.05, 4.69) is 46.7 Å². The lowest BCUT2D eigenvalue weighted by molar-refractivity contribution is 0.0929. The average Bonchev–Trinajstić information content (AvgIpc) is 3.85. The number of carbonyl (C=O) groups excluding carboxylic acids is 2. The van der Waals surface area contributed by atoms with Crippen molar-refractivity contribution in [3.05, 3.63) is 107 Å². The van der Waals surface area contributed by atoms with Gasteiger partial charge in [-0.15, -0.1) is 10.2 Å². The van der Waals surface area contributed by atoms with E-state index in [0.29, 0.717) is 24.2 Å². The molecule has 2 amide bonds. The molecule has 7 rings (SSSR count). The lowest BCUT2D eigenvalue weighted by atomic mass is 10.0. The van der Waals surface area contributed by atoms with E-state index < -0.39 is 28.5 Å². The van der Waals surface area contributed by atoms with Crippen LogP contribution in [-0.2, 0) is 19.5 Å². The molecule has 0 spiro atoms. The largest absolute Gasteiger partial charge is 0.394 e. The summed E-state index contributed by atoms with van der Waals surface area (Å²) in [5.74, 6) is -1.35. The first-order valence-electron chi connectivity index (χ1n) is 14.1. The van der Waals surface area contributed by atoms with Crippen LogP contribution in [0, 0.1) is 10.7 Å². The molecule has 1 aliphatic rings. The van der Waals surface area contributed by atoms with Gasteiger partial charge in [0, 0.05) is 24.2 Å². The molecule has 0 radical (unpaired) electrons. The number of aromatic nitrogens is 7. The number of nitrogens with one attached hydrogen (secondary N) is 4. The van der Waals surface area contributed by atoms with Crippen LogP contribution in [0.5, 0.6) is 0 Å². The Morgan fingerprint density at radius 2 is 1.96 bits per heavy atom. The molecule has 0 aliphatic heterocycles. The van der Waals surface area contributed by atoms with Crippen LogP contribution in [0.25, 0.3) is 17.2 Å². The molecule has 0 saturated carbocycles. The monoisotopic (exact) mass is 655 g/mol. The van der Waals surface area contributed by atoms with Gasteiger partial charge in [0.05, 0.1) is 6.04 Å². The normalized spacial score (nSPS) is 13.9. The van der Waals surface area contributed by atoms with Gasteiger partial charge in [0.15, 0.2) is 0 Å². The van der Waals surface area contributed by atoms with Crippen LogP contribution < -0.4 is 32.5 Å². The summed E-state index contributed by atoms with van der Waals surface area (Å²) in [5.41, 5.74) is 7.05. The minimum absolute atomic E-state index is 0.00369. The van der Waals surface area contributed by atoms with Crippen LogP contribution >= 0.6 is 12.2 Å². The van der Waals surface area contributed by atoms with Crippen molar-refractivity contribution in [2.24, 2.45) is 0 Å². The number of nitrogens with zero attached hydrogens (tertiary/aromatic N) is 6. The predicted octanol–water partition coefficient (Wildman–Crippen LogP) is 1.51. The fraction of sp³-hybridized carbons (Fsp3) is 0.172. The molecule has 6 aromatic rings. The van der Waals surface area contributed by atoms with Gasteiger partial charge in [-0.05, 0) is 76.4 Å². The number of nitrogens with two attached hydrogens (primary N) is 1. The number of anilines is 2. The maximum Gasteiger partial charge on any atom is 0.303 e.